The van der Waals surface area contributed by atoms with Crippen LogP contribution >= 0.6 is 0 Å². The number of cyclic esters (lactones) is 1. The molecule has 11 nitrogen and oxygen atoms in total. The molecular weight excluding hydrogens is 600 g/mol. The van der Waals surface area contributed by atoms with E-state index in [9.17, 15) is 24.3 Å². The van der Waals surface area contributed by atoms with Crippen LogP contribution in [0.3, 0.4) is 0 Å². The van der Waals surface area contributed by atoms with Crippen molar-refractivity contribution in [1.29, 1.82) is 0 Å². The summed E-state index contributed by atoms with van der Waals surface area (Å²) >= 11 is 0. The second-order valence-electron chi connectivity index (χ2n) is 12.3. The molecule has 0 aliphatic carbocycles. The van der Waals surface area contributed by atoms with Gasteiger partial charge in [-0.15, -0.1) is 0 Å². The molecule has 6 rings (SSSR count). The quantitative estimate of drug-likeness (QED) is 0.349. The van der Waals surface area contributed by atoms with Crippen LogP contribution < -0.4 is 15.1 Å². The summed E-state index contributed by atoms with van der Waals surface area (Å²) in [6.07, 6.45) is 6.97. The zero-order valence-corrected chi connectivity index (χ0v) is 26.8. The number of amides is 3. The van der Waals surface area contributed by atoms with Crippen molar-refractivity contribution in [1.82, 2.24) is 10.2 Å². The number of β-amino-alcohol motifs (C(OH)–C–C–N with tert-alkyl or cyclic N) is 1. The summed E-state index contributed by atoms with van der Waals surface area (Å²) in [6, 6.07) is 15.1. The zero-order chi connectivity index (χ0) is 33.1. The number of aliphatic hydroxyl groups excluding tert-OH is 1. The van der Waals surface area contributed by atoms with Gasteiger partial charge in [0.05, 0.1) is 30.6 Å². The minimum Gasteiger partial charge on any atom is -0.463 e. The van der Waals surface area contributed by atoms with Crippen LogP contribution in [0.5, 0.6) is 0 Å². The molecule has 2 aromatic rings. The number of fused-ring (bicyclic) bond motifs is 2. The van der Waals surface area contributed by atoms with Crippen LogP contribution in [0.4, 0.5) is 11.4 Å². The topological polar surface area (TPSA) is 129 Å². The molecule has 2 N–H and O–H groups in total. The number of nitrogens with zero attached hydrogens (tertiary/aromatic N) is 3. The fourth-order valence-corrected chi connectivity index (χ4v) is 7.42. The highest BCUT2D eigenvalue weighted by molar-refractivity contribution is 6.05. The van der Waals surface area contributed by atoms with Gasteiger partial charge in [-0.3, -0.25) is 19.2 Å². The summed E-state index contributed by atoms with van der Waals surface area (Å²) in [5.74, 6) is -3.54. The number of ether oxygens (including phenoxy) is 2. The molecule has 1 spiro atoms. The third-order valence-electron chi connectivity index (χ3n) is 9.71. The van der Waals surface area contributed by atoms with E-state index in [4.69, 9.17) is 9.47 Å². The Balaban J connectivity index is 1.40. The van der Waals surface area contributed by atoms with Crippen molar-refractivity contribution < 1.29 is 33.8 Å². The summed E-state index contributed by atoms with van der Waals surface area (Å²) in [6.45, 7) is 5.47. The van der Waals surface area contributed by atoms with Crippen molar-refractivity contribution in [2.45, 2.75) is 50.5 Å². The average molecular weight is 643 g/mol. The number of hydrogen-bond donors (Lipinski definition) is 2. The van der Waals surface area contributed by atoms with E-state index in [2.05, 4.69) is 24.1 Å². The third kappa shape index (κ3) is 5.94. The monoisotopic (exact) mass is 642 g/mol. The summed E-state index contributed by atoms with van der Waals surface area (Å²) in [4.78, 5) is 60.9. The van der Waals surface area contributed by atoms with Gasteiger partial charge in [-0.05, 0) is 50.1 Å². The van der Waals surface area contributed by atoms with Crippen LogP contribution in [0.15, 0.2) is 78.9 Å². The van der Waals surface area contributed by atoms with Gasteiger partial charge in [-0.2, -0.15) is 0 Å². The van der Waals surface area contributed by atoms with Gasteiger partial charge in [0.1, 0.15) is 18.2 Å². The van der Waals surface area contributed by atoms with E-state index >= 15 is 0 Å². The van der Waals surface area contributed by atoms with Crippen LogP contribution in [-0.2, 0) is 28.7 Å². The van der Waals surface area contributed by atoms with Gasteiger partial charge in [-0.25, -0.2) is 0 Å². The number of anilines is 2. The van der Waals surface area contributed by atoms with Crippen molar-refractivity contribution in [3.8, 4) is 0 Å². The molecule has 2 saturated heterocycles. The van der Waals surface area contributed by atoms with Gasteiger partial charge >= 0.3 is 5.97 Å². The Kier molecular flexibility index (Phi) is 9.47. The lowest BCUT2D eigenvalue weighted by Gasteiger charge is -2.36. The Morgan fingerprint density at radius 1 is 0.979 bits per heavy atom. The first-order valence-corrected chi connectivity index (χ1v) is 16.4. The number of carbonyl (C=O) groups is 4. The molecule has 47 heavy (non-hydrogen) atoms. The molecular formula is C36H42N4O7. The van der Waals surface area contributed by atoms with Gasteiger partial charge in [-0.1, -0.05) is 54.6 Å². The maximum atomic E-state index is 14.8. The minimum absolute atomic E-state index is 0.0782. The second-order valence-corrected chi connectivity index (χ2v) is 12.3. The predicted molar refractivity (Wildman–Crippen MR) is 175 cm³/mol. The molecule has 248 valence electrons. The normalized spacial score (nSPS) is 29.9. The predicted octanol–water partition coefficient (Wildman–Crippen LogP) is 2.76. The Morgan fingerprint density at radius 3 is 2.43 bits per heavy atom. The number of aliphatic hydroxyl groups is 1. The van der Waals surface area contributed by atoms with E-state index in [0.29, 0.717) is 12.1 Å². The number of carbonyl (C=O) groups excluding carboxylic acids is 4. The lowest BCUT2D eigenvalue weighted by molar-refractivity contribution is -0.145. The standard InChI is InChI=1S/C36H42N4O7/c1-3-38(4-2)25-14-16-26(17-15-25)39-20-10-6-9-13-29(42)46-23-27(24-11-7-5-8-12-24)37-33(43)30-28-18-19-36(47-28)31(30)34(44)40(21-22-41)32(36)35(39)45/h5-8,10-12,14-19,27-28,30-32,41H,3-4,9,13,20-23H2,1-2H3,(H,37,43)/b10-6-/t27-,28-,30+,31+,32-,36+/m0/s1. The number of benzene rings is 2. The fourth-order valence-electron chi connectivity index (χ4n) is 7.42. The maximum absolute atomic E-state index is 14.8. The number of nitrogens with one attached hydrogen (secondary N) is 1. The van der Waals surface area contributed by atoms with E-state index in [0.717, 1.165) is 24.3 Å². The molecule has 4 heterocycles. The molecule has 0 aromatic heterocycles. The summed E-state index contributed by atoms with van der Waals surface area (Å²) in [5.41, 5.74) is 1.00. The van der Waals surface area contributed by atoms with Gasteiger partial charge in [0.2, 0.25) is 11.8 Å². The van der Waals surface area contributed by atoms with Crippen LogP contribution in [0, 0.1) is 11.8 Å². The number of hydrogen-bond acceptors (Lipinski definition) is 8. The van der Waals surface area contributed by atoms with Gasteiger partial charge in [0, 0.05) is 44.0 Å². The highest BCUT2D eigenvalue weighted by Crippen LogP contribution is 2.55. The van der Waals surface area contributed by atoms with E-state index < -0.39 is 53.4 Å². The Labute approximate surface area is 274 Å². The average Bonchev–Trinajstić information content (AvgIpc) is 3.73. The summed E-state index contributed by atoms with van der Waals surface area (Å²) in [5, 5.41) is 13.0. The molecule has 11 heteroatoms. The molecule has 0 unspecified atom stereocenters. The number of allylic oxidation sites excluding steroid dienone is 1. The molecule has 3 amide bonds. The first-order valence-electron chi connectivity index (χ1n) is 16.4. The molecule has 0 radical (unpaired) electrons. The molecule has 2 fully saturated rings. The van der Waals surface area contributed by atoms with Crippen LogP contribution in [-0.4, -0.2) is 90.8 Å². The van der Waals surface area contributed by atoms with Crippen LogP contribution in [0.1, 0.15) is 38.3 Å². The van der Waals surface area contributed by atoms with Crippen LogP contribution in [0.2, 0.25) is 0 Å². The Hall–Kier alpha value is -4.48. The highest BCUT2D eigenvalue weighted by Gasteiger charge is 2.73. The SMILES string of the molecule is CCN(CC)c1ccc(N2C/C=C\CCC(=O)OC[C@@H](c3ccccc3)NC(=O)[C@@H]3[C@@H]4C=C[C@]5(O4)[C@H](C2=O)N(CCO)C(=O)[C@@H]35)cc1. The third-order valence-corrected chi connectivity index (χ3v) is 9.71. The van der Waals surface area contributed by atoms with Gasteiger partial charge in [0.15, 0.2) is 0 Å². The van der Waals surface area contributed by atoms with Crippen LogP contribution in [0.25, 0.3) is 0 Å². The first-order chi connectivity index (χ1) is 22.8. The fraction of sp³-hybridized carbons (Fsp3) is 0.444. The number of likely N-dealkylation sites (tertiary alicyclic amines) is 1. The van der Waals surface area contributed by atoms with Crippen molar-refractivity contribution in [3.63, 3.8) is 0 Å². The molecule has 6 atom stereocenters. The van der Waals surface area contributed by atoms with Gasteiger partial charge in [0.25, 0.3) is 5.91 Å². The highest BCUT2D eigenvalue weighted by atomic mass is 16.5. The maximum Gasteiger partial charge on any atom is 0.306 e. The van der Waals surface area contributed by atoms with Crippen molar-refractivity contribution in [2.75, 3.05) is 49.2 Å². The Morgan fingerprint density at radius 2 is 1.72 bits per heavy atom. The van der Waals surface area contributed by atoms with E-state index in [-0.39, 0.29) is 38.6 Å². The molecule has 5 bridgehead atoms. The van der Waals surface area contributed by atoms with Crippen molar-refractivity contribution in [2.24, 2.45) is 11.8 Å². The molecule has 0 saturated carbocycles. The molecule has 4 aliphatic heterocycles. The molecule has 4 aliphatic rings. The zero-order valence-electron chi connectivity index (χ0n) is 26.8. The number of rotatable bonds is 7. The van der Waals surface area contributed by atoms with Crippen molar-refractivity contribution in [3.05, 3.63) is 84.5 Å². The first kappa shape index (κ1) is 32.5. The number of esters is 1. The summed E-state index contributed by atoms with van der Waals surface area (Å²) < 4.78 is 12.1. The van der Waals surface area contributed by atoms with E-state index in [1.165, 1.54) is 4.90 Å². The smallest absolute Gasteiger partial charge is 0.306 e. The summed E-state index contributed by atoms with van der Waals surface area (Å²) in [7, 11) is 0. The van der Waals surface area contributed by atoms with Crippen molar-refractivity contribution >= 4 is 35.1 Å². The second kappa shape index (κ2) is 13.7. The lowest BCUT2D eigenvalue weighted by atomic mass is 9.74. The van der Waals surface area contributed by atoms with E-state index in [1.807, 2.05) is 66.7 Å². The molecule has 2 aromatic carbocycles. The van der Waals surface area contributed by atoms with Gasteiger partial charge < -0.3 is 34.6 Å². The Bertz CT molecular complexity index is 1540. The lowest BCUT2D eigenvalue weighted by Crippen LogP contribution is -2.56. The minimum atomic E-state index is -1.39. The largest absolute Gasteiger partial charge is 0.463 e. The van der Waals surface area contributed by atoms with E-state index in [1.54, 1.807) is 17.1 Å².